The number of thiophene rings is 1. The Labute approximate surface area is 214 Å². The van der Waals surface area contributed by atoms with Gasteiger partial charge in [0.1, 0.15) is 4.88 Å². The molecule has 0 bridgehead atoms. The van der Waals surface area contributed by atoms with Gasteiger partial charge in [-0.25, -0.2) is 4.79 Å². The summed E-state index contributed by atoms with van der Waals surface area (Å²) in [5, 5.41) is 10.7. The summed E-state index contributed by atoms with van der Waals surface area (Å²) in [6, 6.07) is 14.6. The molecule has 6 heteroatoms. The highest BCUT2D eigenvalue weighted by atomic mass is 32.1. The molecular formula is C29H41NO4S. The van der Waals surface area contributed by atoms with Crippen molar-refractivity contribution in [3.05, 3.63) is 57.8 Å². The van der Waals surface area contributed by atoms with Crippen LogP contribution in [0.4, 0.5) is 0 Å². The molecule has 1 amide bonds. The van der Waals surface area contributed by atoms with E-state index in [2.05, 4.69) is 37.3 Å². The minimum absolute atomic E-state index is 0.234. The number of esters is 1. The quantitative estimate of drug-likeness (QED) is 0.240. The van der Waals surface area contributed by atoms with E-state index < -0.39 is 0 Å². The standard InChI is InChI=1S/C29H41NO4S/c1-22(10-5-3-6-11-23-12-7-4-8-13-23)26(31)18-15-24-16-20-28(32)30(24)21-9-14-25-17-19-27(35-25)29(33)34-2/h4,7-8,12-13,17,19,22,24,26,31H,3,5-6,9-11,14-16,18,20-21H2,1-2H3/t22-,24-,26+/m0/s1. The van der Waals surface area contributed by atoms with Gasteiger partial charge in [-0.3, -0.25) is 4.79 Å². The van der Waals surface area contributed by atoms with Crippen LogP contribution in [0.5, 0.6) is 0 Å². The van der Waals surface area contributed by atoms with Crippen LogP contribution in [-0.2, 0) is 22.4 Å². The first-order valence-electron chi connectivity index (χ1n) is 13.2. The van der Waals surface area contributed by atoms with Crippen molar-refractivity contribution in [1.29, 1.82) is 0 Å². The molecule has 2 heterocycles. The SMILES string of the molecule is COC(=O)c1ccc(CCCN2C(=O)CC[C@@H]2CC[C@@H](O)[C@@H](C)CCCCCc2ccccc2)s1. The molecule has 3 atom stereocenters. The second-order valence-corrected chi connectivity index (χ2v) is 11.0. The lowest BCUT2D eigenvalue weighted by atomic mass is 9.92. The van der Waals surface area contributed by atoms with Crippen molar-refractivity contribution in [1.82, 2.24) is 4.90 Å². The largest absolute Gasteiger partial charge is 0.465 e. The van der Waals surface area contributed by atoms with E-state index in [0.29, 0.717) is 17.2 Å². The number of ether oxygens (including phenoxy) is 1. The second-order valence-electron chi connectivity index (χ2n) is 9.85. The van der Waals surface area contributed by atoms with Gasteiger partial charge in [-0.15, -0.1) is 11.3 Å². The molecule has 1 aromatic heterocycles. The van der Waals surface area contributed by atoms with Crippen molar-refractivity contribution in [2.75, 3.05) is 13.7 Å². The topological polar surface area (TPSA) is 66.8 Å². The predicted octanol–water partition coefficient (Wildman–Crippen LogP) is 6.04. The van der Waals surface area contributed by atoms with E-state index in [9.17, 15) is 14.7 Å². The number of carbonyl (C=O) groups is 2. The average molecular weight is 500 g/mol. The molecule has 3 rings (SSSR count). The van der Waals surface area contributed by atoms with E-state index in [1.165, 1.54) is 36.9 Å². The molecule has 1 aromatic carbocycles. The van der Waals surface area contributed by atoms with Gasteiger partial charge >= 0.3 is 5.97 Å². The third-order valence-electron chi connectivity index (χ3n) is 7.24. The molecule has 1 fully saturated rings. The van der Waals surface area contributed by atoms with Crippen molar-refractivity contribution in [3.63, 3.8) is 0 Å². The van der Waals surface area contributed by atoms with Crippen molar-refractivity contribution in [2.24, 2.45) is 5.92 Å². The Hall–Kier alpha value is -2.18. The highest BCUT2D eigenvalue weighted by Gasteiger charge is 2.31. The number of likely N-dealkylation sites (tertiary alicyclic amines) is 1. The first kappa shape index (κ1) is 27.4. The molecule has 5 nitrogen and oxygen atoms in total. The Morgan fingerprint density at radius 3 is 2.66 bits per heavy atom. The zero-order chi connectivity index (χ0) is 25.0. The molecule has 0 radical (unpaired) electrons. The Bertz CT molecular complexity index is 912. The first-order valence-corrected chi connectivity index (χ1v) is 14.0. The number of hydrogen-bond acceptors (Lipinski definition) is 5. The van der Waals surface area contributed by atoms with Gasteiger partial charge in [0.2, 0.25) is 5.91 Å². The van der Waals surface area contributed by atoms with E-state index in [-0.39, 0.29) is 24.0 Å². The number of methoxy groups -OCH3 is 1. The second kappa shape index (κ2) is 14.4. The Kier molecular flexibility index (Phi) is 11.3. The maximum absolute atomic E-state index is 12.4. The van der Waals surface area contributed by atoms with Crippen molar-refractivity contribution in [2.45, 2.75) is 89.7 Å². The lowest BCUT2D eigenvalue weighted by Crippen LogP contribution is -2.35. The maximum atomic E-state index is 12.4. The lowest BCUT2D eigenvalue weighted by molar-refractivity contribution is -0.129. The maximum Gasteiger partial charge on any atom is 0.348 e. The van der Waals surface area contributed by atoms with E-state index in [1.54, 1.807) is 0 Å². The molecule has 0 aliphatic carbocycles. The number of benzene rings is 1. The zero-order valence-electron chi connectivity index (χ0n) is 21.3. The zero-order valence-corrected chi connectivity index (χ0v) is 22.1. The summed E-state index contributed by atoms with van der Waals surface area (Å²) in [4.78, 5) is 27.9. The highest BCUT2D eigenvalue weighted by molar-refractivity contribution is 7.13. The number of rotatable bonds is 15. The number of aliphatic hydroxyl groups is 1. The predicted molar refractivity (Wildman–Crippen MR) is 142 cm³/mol. The summed E-state index contributed by atoms with van der Waals surface area (Å²) in [6.07, 6.45) is 10.3. The minimum Gasteiger partial charge on any atom is -0.465 e. The van der Waals surface area contributed by atoms with Crippen molar-refractivity contribution in [3.8, 4) is 0 Å². The molecule has 192 valence electrons. The van der Waals surface area contributed by atoms with Gasteiger partial charge < -0.3 is 14.7 Å². The first-order chi connectivity index (χ1) is 17.0. The number of amides is 1. The number of hydrogen-bond donors (Lipinski definition) is 1. The normalized spacial score (nSPS) is 17.5. The number of aliphatic hydroxyl groups excluding tert-OH is 1. The number of carbonyl (C=O) groups excluding carboxylic acids is 2. The number of unbranched alkanes of at least 4 members (excludes halogenated alkanes) is 2. The van der Waals surface area contributed by atoms with Crippen LogP contribution < -0.4 is 0 Å². The smallest absolute Gasteiger partial charge is 0.348 e. The monoisotopic (exact) mass is 499 g/mol. The van der Waals surface area contributed by atoms with Crippen LogP contribution in [-0.4, -0.2) is 47.7 Å². The van der Waals surface area contributed by atoms with E-state index in [0.717, 1.165) is 62.8 Å². The van der Waals surface area contributed by atoms with E-state index >= 15 is 0 Å². The minimum atomic E-state index is -0.301. The van der Waals surface area contributed by atoms with E-state index in [1.807, 2.05) is 17.0 Å². The summed E-state index contributed by atoms with van der Waals surface area (Å²) in [5.41, 5.74) is 1.40. The fraction of sp³-hybridized carbons (Fsp3) is 0.586. The van der Waals surface area contributed by atoms with Gasteiger partial charge in [-0.1, -0.05) is 50.1 Å². The molecule has 0 unspecified atom stereocenters. The fourth-order valence-corrected chi connectivity index (χ4v) is 5.97. The van der Waals surface area contributed by atoms with E-state index in [4.69, 9.17) is 4.74 Å². The van der Waals surface area contributed by atoms with Crippen LogP contribution in [0.1, 0.15) is 84.8 Å². The number of aryl methyl sites for hydroxylation is 2. The summed E-state index contributed by atoms with van der Waals surface area (Å²) in [7, 11) is 1.39. The molecule has 1 N–H and O–H groups in total. The highest BCUT2D eigenvalue weighted by Crippen LogP contribution is 2.27. The van der Waals surface area contributed by atoms with Gasteiger partial charge in [0, 0.05) is 23.9 Å². The Morgan fingerprint density at radius 2 is 1.89 bits per heavy atom. The molecule has 1 saturated heterocycles. The Morgan fingerprint density at radius 1 is 1.09 bits per heavy atom. The molecule has 0 saturated carbocycles. The molecule has 1 aliphatic rings. The van der Waals surface area contributed by atoms with Crippen LogP contribution in [0.25, 0.3) is 0 Å². The van der Waals surface area contributed by atoms with Crippen molar-refractivity contribution >= 4 is 23.2 Å². The lowest BCUT2D eigenvalue weighted by Gasteiger charge is -2.27. The summed E-state index contributed by atoms with van der Waals surface area (Å²) >= 11 is 1.46. The summed E-state index contributed by atoms with van der Waals surface area (Å²) in [5.74, 6) is 0.230. The molecule has 1 aliphatic heterocycles. The Balaban J connectivity index is 1.32. The van der Waals surface area contributed by atoms with Gasteiger partial charge in [0.15, 0.2) is 0 Å². The van der Waals surface area contributed by atoms with Gasteiger partial charge in [0.05, 0.1) is 13.2 Å². The van der Waals surface area contributed by atoms with Crippen LogP contribution in [0.15, 0.2) is 42.5 Å². The molecule has 35 heavy (non-hydrogen) atoms. The molecule has 2 aromatic rings. The third-order valence-corrected chi connectivity index (χ3v) is 8.37. The summed E-state index contributed by atoms with van der Waals surface area (Å²) in [6.45, 7) is 2.89. The van der Waals surface area contributed by atoms with Crippen LogP contribution >= 0.6 is 11.3 Å². The van der Waals surface area contributed by atoms with Crippen LogP contribution in [0, 0.1) is 5.92 Å². The van der Waals surface area contributed by atoms with Crippen LogP contribution in [0.3, 0.4) is 0 Å². The van der Waals surface area contributed by atoms with Gasteiger partial charge in [-0.05, 0) is 75.0 Å². The molecule has 0 spiro atoms. The van der Waals surface area contributed by atoms with Crippen molar-refractivity contribution < 1.29 is 19.4 Å². The fourth-order valence-electron chi connectivity index (χ4n) is 5.00. The molecular weight excluding hydrogens is 458 g/mol. The third kappa shape index (κ3) is 8.76. The van der Waals surface area contributed by atoms with Gasteiger partial charge in [-0.2, -0.15) is 0 Å². The van der Waals surface area contributed by atoms with Crippen LogP contribution in [0.2, 0.25) is 0 Å². The average Bonchev–Trinajstić information content (AvgIpc) is 3.49. The van der Waals surface area contributed by atoms with Gasteiger partial charge in [0.25, 0.3) is 0 Å². The number of nitrogens with zero attached hydrogens (tertiary/aromatic N) is 1. The summed E-state index contributed by atoms with van der Waals surface area (Å²) < 4.78 is 4.77.